The fraction of sp³-hybridized carbons (Fsp3) is 0.700. The summed E-state index contributed by atoms with van der Waals surface area (Å²) in [5.74, 6) is 2.51. The van der Waals surface area contributed by atoms with Crippen molar-refractivity contribution in [2.24, 2.45) is 11.8 Å². The zero-order valence-electron chi connectivity index (χ0n) is 14.1. The van der Waals surface area contributed by atoms with Crippen molar-refractivity contribution < 1.29 is 0 Å². The highest BCUT2D eigenvalue weighted by atomic mass is 14.9. The van der Waals surface area contributed by atoms with Crippen LogP contribution in [0, 0.1) is 11.8 Å². The highest BCUT2D eigenvalue weighted by Gasteiger charge is 2.31. The van der Waals surface area contributed by atoms with Gasteiger partial charge in [0.1, 0.15) is 0 Å². The van der Waals surface area contributed by atoms with Gasteiger partial charge in [-0.3, -0.25) is 0 Å². The second-order valence-corrected chi connectivity index (χ2v) is 6.70. The van der Waals surface area contributed by atoms with Crippen LogP contribution in [-0.2, 0) is 0 Å². The molecule has 0 aliphatic heterocycles. The maximum absolute atomic E-state index is 3.83. The van der Waals surface area contributed by atoms with E-state index in [-0.39, 0.29) is 0 Å². The van der Waals surface area contributed by atoms with Crippen LogP contribution < -0.4 is 5.32 Å². The van der Waals surface area contributed by atoms with Gasteiger partial charge in [-0.05, 0) is 49.1 Å². The van der Waals surface area contributed by atoms with Crippen LogP contribution in [0.4, 0.5) is 0 Å². The summed E-state index contributed by atoms with van der Waals surface area (Å²) in [6.07, 6.45) is 8.31. The third-order valence-electron chi connectivity index (χ3n) is 5.52. The number of hydrogen-bond donors (Lipinski definition) is 1. The third kappa shape index (κ3) is 4.32. The van der Waals surface area contributed by atoms with Gasteiger partial charge in [-0.25, -0.2) is 0 Å². The van der Waals surface area contributed by atoms with Gasteiger partial charge in [0.2, 0.25) is 0 Å². The van der Waals surface area contributed by atoms with Crippen LogP contribution in [0.3, 0.4) is 0 Å². The molecular formula is C20H33N. The Morgan fingerprint density at radius 2 is 1.67 bits per heavy atom. The molecule has 1 aromatic carbocycles. The highest BCUT2D eigenvalue weighted by molar-refractivity contribution is 5.21. The Morgan fingerprint density at radius 3 is 2.19 bits per heavy atom. The molecule has 0 radical (unpaired) electrons. The molecule has 0 spiro atoms. The van der Waals surface area contributed by atoms with Crippen molar-refractivity contribution in [1.29, 1.82) is 0 Å². The van der Waals surface area contributed by atoms with Crippen LogP contribution in [0.25, 0.3) is 0 Å². The summed E-state index contributed by atoms with van der Waals surface area (Å²) in [7, 11) is 0. The van der Waals surface area contributed by atoms with Gasteiger partial charge >= 0.3 is 0 Å². The fourth-order valence-electron chi connectivity index (χ4n) is 4.23. The van der Waals surface area contributed by atoms with Crippen molar-refractivity contribution in [2.75, 3.05) is 6.54 Å². The Bertz CT molecular complexity index is 378. The predicted octanol–water partition coefficient (Wildman–Crippen LogP) is 5.37. The lowest BCUT2D eigenvalue weighted by atomic mass is 9.72. The fourth-order valence-corrected chi connectivity index (χ4v) is 4.23. The Kier molecular flexibility index (Phi) is 6.76. The van der Waals surface area contributed by atoms with Gasteiger partial charge in [-0.15, -0.1) is 0 Å². The first kappa shape index (κ1) is 16.5. The largest absolute Gasteiger partial charge is 0.313 e. The summed E-state index contributed by atoms with van der Waals surface area (Å²) in [5, 5.41) is 3.83. The normalized spacial score (nSPS) is 25.5. The van der Waals surface area contributed by atoms with E-state index in [0.717, 1.165) is 18.4 Å². The van der Waals surface area contributed by atoms with E-state index in [0.29, 0.717) is 12.0 Å². The molecular weight excluding hydrogens is 254 g/mol. The van der Waals surface area contributed by atoms with E-state index >= 15 is 0 Å². The third-order valence-corrected chi connectivity index (χ3v) is 5.52. The van der Waals surface area contributed by atoms with E-state index in [9.17, 15) is 0 Å². The zero-order valence-corrected chi connectivity index (χ0v) is 14.1. The molecule has 1 heteroatoms. The first-order valence-corrected chi connectivity index (χ1v) is 9.08. The van der Waals surface area contributed by atoms with Gasteiger partial charge in [0.15, 0.2) is 0 Å². The summed E-state index contributed by atoms with van der Waals surface area (Å²) in [6.45, 7) is 8.04. The number of likely N-dealkylation sites (N-methyl/N-ethyl adjacent to an activating group) is 1. The van der Waals surface area contributed by atoms with Crippen LogP contribution in [0.1, 0.15) is 70.8 Å². The molecule has 1 nitrogen and oxygen atoms in total. The molecule has 1 saturated carbocycles. The van der Waals surface area contributed by atoms with Gasteiger partial charge < -0.3 is 5.32 Å². The molecule has 21 heavy (non-hydrogen) atoms. The van der Waals surface area contributed by atoms with Crippen molar-refractivity contribution in [3.63, 3.8) is 0 Å². The molecule has 1 N–H and O–H groups in total. The number of benzene rings is 1. The molecule has 0 amide bonds. The molecule has 1 aliphatic carbocycles. The summed E-state index contributed by atoms with van der Waals surface area (Å²) < 4.78 is 0. The van der Waals surface area contributed by atoms with Crippen LogP contribution in [0.5, 0.6) is 0 Å². The number of rotatable bonds is 7. The van der Waals surface area contributed by atoms with Gasteiger partial charge in [0, 0.05) is 6.04 Å². The standard InChI is InChI=1S/C20H33N/c1-4-16-12-14-18(15-13-16)20(21-6-3)19(5-2)17-10-8-7-9-11-17/h7-11,16,18-21H,4-6,12-15H2,1-3H3. The van der Waals surface area contributed by atoms with E-state index in [1.165, 1.54) is 44.1 Å². The second-order valence-electron chi connectivity index (χ2n) is 6.70. The van der Waals surface area contributed by atoms with Gasteiger partial charge in [0.05, 0.1) is 0 Å². The molecule has 2 atom stereocenters. The molecule has 0 heterocycles. The van der Waals surface area contributed by atoms with Crippen LogP contribution in [-0.4, -0.2) is 12.6 Å². The molecule has 2 unspecified atom stereocenters. The summed E-state index contributed by atoms with van der Waals surface area (Å²) in [4.78, 5) is 0. The van der Waals surface area contributed by atoms with Gasteiger partial charge in [0.25, 0.3) is 0 Å². The number of nitrogens with one attached hydrogen (secondary N) is 1. The predicted molar refractivity (Wildman–Crippen MR) is 92.7 cm³/mol. The van der Waals surface area contributed by atoms with Crippen molar-refractivity contribution in [1.82, 2.24) is 5.32 Å². The smallest absolute Gasteiger partial charge is 0.0164 e. The van der Waals surface area contributed by atoms with Gasteiger partial charge in [-0.2, -0.15) is 0 Å². The average Bonchev–Trinajstić information content (AvgIpc) is 2.56. The molecule has 118 valence electrons. The zero-order chi connectivity index (χ0) is 15.1. The van der Waals surface area contributed by atoms with Crippen LogP contribution >= 0.6 is 0 Å². The minimum absolute atomic E-state index is 0.653. The van der Waals surface area contributed by atoms with E-state index < -0.39 is 0 Å². The van der Waals surface area contributed by atoms with E-state index in [1.807, 2.05) is 0 Å². The van der Waals surface area contributed by atoms with E-state index in [4.69, 9.17) is 0 Å². The van der Waals surface area contributed by atoms with Crippen LogP contribution in [0.15, 0.2) is 30.3 Å². The van der Waals surface area contributed by atoms with Crippen molar-refractivity contribution >= 4 is 0 Å². The Morgan fingerprint density at radius 1 is 1.00 bits per heavy atom. The molecule has 0 bridgehead atoms. The monoisotopic (exact) mass is 287 g/mol. The summed E-state index contributed by atoms with van der Waals surface area (Å²) in [5.41, 5.74) is 1.52. The van der Waals surface area contributed by atoms with E-state index in [1.54, 1.807) is 0 Å². The quantitative estimate of drug-likeness (QED) is 0.710. The molecule has 0 saturated heterocycles. The van der Waals surface area contributed by atoms with Crippen LogP contribution in [0.2, 0.25) is 0 Å². The number of hydrogen-bond acceptors (Lipinski definition) is 1. The average molecular weight is 287 g/mol. The first-order chi connectivity index (χ1) is 10.3. The van der Waals surface area contributed by atoms with Crippen molar-refractivity contribution in [3.05, 3.63) is 35.9 Å². The summed E-state index contributed by atoms with van der Waals surface area (Å²) >= 11 is 0. The summed E-state index contributed by atoms with van der Waals surface area (Å²) in [6, 6.07) is 11.8. The topological polar surface area (TPSA) is 12.0 Å². The second kappa shape index (κ2) is 8.58. The van der Waals surface area contributed by atoms with Crippen molar-refractivity contribution in [2.45, 2.75) is 71.3 Å². The minimum Gasteiger partial charge on any atom is -0.313 e. The van der Waals surface area contributed by atoms with Gasteiger partial charge in [-0.1, -0.05) is 70.4 Å². The SMILES string of the molecule is CCNC(C1CCC(CC)CC1)C(CC)c1ccccc1. The molecule has 0 aromatic heterocycles. The van der Waals surface area contributed by atoms with E-state index in [2.05, 4.69) is 56.4 Å². The minimum atomic E-state index is 0.653. The molecule has 1 aromatic rings. The lowest BCUT2D eigenvalue weighted by Gasteiger charge is -2.38. The highest BCUT2D eigenvalue weighted by Crippen LogP contribution is 2.37. The Hall–Kier alpha value is -0.820. The maximum Gasteiger partial charge on any atom is 0.0164 e. The Balaban J connectivity index is 2.10. The first-order valence-electron chi connectivity index (χ1n) is 9.08. The Labute approximate surface area is 131 Å². The maximum atomic E-state index is 3.83. The lowest BCUT2D eigenvalue weighted by Crippen LogP contribution is -2.42. The molecule has 1 aliphatic rings. The molecule has 1 fully saturated rings. The lowest BCUT2D eigenvalue weighted by molar-refractivity contribution is 0.198. The molecule has 2 rings (SSSR count). The van der Waals surface area contributed by atoms with Crippen molar-refractivity contribution in [3.8, 4) is 0 Å².